The summed E-state index contributed by atoms with van der Waals surface area (Å²) in [5.41, 5.74) is 0.852. The van der Waals surface area contributed by atoms with Crippen LogP contribution in [0.15, 0.2) is 29.0 Å². The number of rotatable bonds is 7. The molecule has 3 rings (SSSR count). The van der Waals surface area contributed by atoms with Crippen molar-refractivity contribution in [2.75, 3.05) is 19.6 Å². The molecular formula is C17H23N5O2. The number of hydrogen-bond acceptors (Lipinski definition) is 6. The maximum Gasteiger partial charge on any atom is 0.227 e. The Labute approximate surface area is 141 Å². The molecule has 24 heavy (non-hydrogen) atoms. The summed E-state index contributed by atoms with van der Waals surface area (Å²) < 4.78 is 5.21. The SMILES string of the molecule is CCN1CCCC1CNC(=O)CCc1nc(-c2ccncc2)no1. The van der Waals surface area contributed by atoms with E-state index in [0.29, 0.717) is 30.6 Å². The third kappa shape index (κ3) is 4.17. The van der Waals surface area contributed by atoms with Crippen LogP contribution in [0.25, 0.3) is 11.4 Å². The molecule has 7 nitrogen and oxygen atoms in total. The first-order valence-corrected chi connectivity index (χ1v) is 8.50. The van der Waals surface area contributed by atoms with E-state index in [9.17, 15) is 4.79 Å². The van der Waals surface area contributed by atoms with E-state index in [1.54, 1.807) is 12.4 Å². The molecule has 0 spiro atoms. The Balaban J connectivity index is 1.44. The van der Waals surface area contributed by atoms with Crippen LogP contribution in [0.1, 0.15) is 32.1 Å². The van der Waals surface area contributed by atoms with Crippen LogP contribution in [-0.4, -0.2) is 51.6 Å². The maximum atomic E-state index is 12.0. The summed E-state index contributed by atoms with van der Waals surface area (Å²) in [5.74, 6) is 1.03. The van der Waals surface area contributed by atoms with Crippen LogP contribution >= 0.6 is 0 Å². The van der Waals surface area contributed by atoms with E-state index in [4.69, 9.17) is 4.52 Å². The van der Waals surface area contributed by atoms with Crippen molar-refractivity contribution in [3.8, 4) is 11.4 Å². The Morgan fingerprint density at radius 3 is 3.04 bits per heavy atom. The van der Waals surface area contributed by atoms with Gasteiger partial charge in [0.1, 0.15) is 0 Å². The van der Waals surface area contributed by atoms with Crippen LogP contribution in [-0.2, 0) is 11.2 Å². The van der Waals surface area contributed by atoms with Gasteiger partial charge in [-0.2, -0.15) is 4.98 Å². The van der Waals surface area contributed by atoms with Crippen molar-refractivity contribution in [3.05, 3.63) is 30.4 Å². The average molecular weight is 329 g/mol. The summed E-state index contributed by atoms with van der Waals surface area (Å²) >= 11 is 0. The third-order valence-corrected chi connectivity index (χ3v) is 4.41. The zero-order valence-electron chi connectivity index (χ0n) is 13.9. The van der Waals surface area contributed by atoms with E-state index in [0.717, 1.165) is 31.6 Å². The zero-order chi connectivity index (χ0) is 16.8. The van der Waals surface area contributed by atoms with Gasteiger partial charge in [-0.15, -0.1) is 0 Å². The second kappa shape index (κ2) is 8.01. The number of nitrogens with one attached hydrogen (secondary N) is 1. The van der Waals surface area contributed by atoms with E-state index in [1.165, 1.54) is 6.42 Å². The van der Waals surface area contributed by atoms with Crippen molar-refractivity contribution in [3.63, 3.8) is 0 Å². The fraction of sp³-hybridized carbons (Fsp3) is 0.529. The summed E-state index contributed by atoms with van der Waals surface area (Å²) in [5, 5.41) is 6.96. The number of aryl methyl sites for hydroxylation is 1. The summed E-state index contributed by atoms with van der Waals surface area (Å²) in [6, 6.07) is 4.12. The zero-order valence-corrected chi connectivity index (χ0v) is 13.9. The van der Waals surface area contributed by atoms with Gasteiger partial charge in [-0.3, -0.25) is 14.7 Å². The lowest BCUT2D eigenvalue weighted by atomic mass is 10.2. The number of hydrogen-bond donors (Lipinski definition) is 1. The minimum absolute atomic E-state index is 0.0293. The summed E-state index contributed by atoms with van der Waals surface area (Å²) in [6.45, 7) is 5.06. The van der Waals surface area contributed by atoms with Crippen LogP contribution in [0.2, 0.25) is 0 Å². The Kier molecular flexibility index (Phi) is 5.53. The predicted octanol–water partition coefficient (Wildman–Crippen LogP) is 1.66. The molecule has 7 heteroatoms. The van der Waals surface area contributed by atoms with E-state index in [1.807, 2.05) is 12.1 Å². The number of amides is 1. The van der Waals surface area contributed by atoms with Gasteiger partial charge in [0.15, 0.2) is 0 Å². The molecule has 0 saturated carbocycles. The minimum atomic E-state index is 0.0293. The lowest BCUT2D eigenvalue weighted by Crippen LogP contribution is -2.40. The molecule has 0 radical (unpaired) electrons. The lowest BCUT2D eigenvalue weighted by Gasteiger charge is -2.22. The number of carbonyl (C=O) groups excluding carboxylic acids is 1. The average Bonchev–Trinajstić information content (AvgIpc) is 3.28. The molecule has 3 heterocycles. The summed E-state index contributed by atoms with van der Waals surface area (Å²) in [4.78, 5) is 22.7. The molecule has 0 aliphatic carbocycles. The van der Waals surface area contributed by atoms with Gasteiger partial charge in [0.2, 0.25) is 17.6 Å². The molecule has 0 aromatic carbocycles. The first kappa shape index (κ1) is 16.6. The topological polar surface area (TPSA) is 84.2 Å². The molecule has 1 aliphatic rings. The van der Waals surface area contributed by atoms with Gasteiger partial charge in [-0.25, -0.2) is 0 Å². The van der Waals surface area contributed by atoms with Gasteiger partial charge in [0, 0.05) is 43.4 Å². The molecule has 1 fully saturated rings. The van der Waals surface area contributed by atoms with Crippen LogP contribution in [0.5, 0.6) is 0 Å². The van der Waals surface area contributed by atoms with Crippen molar-refractivity contribution in [1.29, 1.82) is 0 Å². The molecule has 1 N–H and O–H groups in total. The van der Waals surface area contributed by atoms with Crippen molar-refractivity contribution < 1.29 is 9.32 Å². The Morgan fingerprint density at radius 1 is 1.42 bits per heavy atom. The Hall–Kier alpha value is -2.28. The van der Waals surface area contributed by atoms with Crippen molar-refractivity contribution >= 4 is 5.91 Å². The quantitative estimate of drug-likeness (QED) is 0.832. The highest BCUT2D eigenvalue weighted by Gasteiger charge is 2.23. The first-order chi connectivity index (χ1) is 11.8. The van der Waals surface area contributed by atoms with Crippen LogP contribution in [0, 0.1) is 0 Å². The largest absolute Gasteiger partial charge is 0.355 e. The monoisotopic (exact) mass is 329 g/mol. The molecule has 1 atom stereocenters. The maximum absolute atomic E-state index is 12.0. The fourth-order valence-corrected chi connectivity index (χ4v) is 3.06. The van der Waals surface area contributed by atoms with Crippen molar-refractivity contribution in [2.24, 2.45) is 0 Å². The number of carbonyl (C=O) groups is 1. The highest BCUT2D eigenvalue weighted by atomic mass is 16.5. The van der Waals surface area contributed by atoms with Crippen molar-refractivity contribution in [2.45, 2.75) is 38.6 Å². The van der Waals surface area contributed by atoms with Crippen molar-refractivity contribution in [1.82, 2.24) is 25.3 Å². The number of pyridine rings is 1. The number of nitrogens with zero attached hydrogens (tertiary/aromatic N) is 4. The van der Waals surface area contributed by atoms with E-state index in [-0.39, 0.29) is 5.91 Å². The van der Waals surface area contributed by atoms with Crippen LogP contribution < -0.4 is 5.32 Å². The van der Waals surface area contributed by atoms with Gasteiger partial charge in [-0.1, -0.05) is 12.1 Å². The number of likely N-dealkylation sites (tertiary alicyclic amines) is 1. The molecule has 0 bridgehead atoms. The highest BCUT2D eigenvalue weighted by Crippen LogP contribution is 2.16. The van der Waals surface area contributed by atoms with Crippen LogP contribution in [0.3, 0.4) is 0 Å². The first-order valence-electron chi connectivity index (χ1n) is 8.50. The predicted molar refractivity (Wildman–Crippen MR) is 89.1 cm³/mol. The standard InChI is InChI=1S/C17H23N5O2/c1-2-22-11-3-4-14(22)12-19-15(23)5-6-16-20-17(21-24-16)13-7-9-18-10-8-13/h7-10,14H,2-6,11-12H2,1H3,(H,19,23). The fourth-order valence-electron chi connectivity index (χ4n) is 3.06. The minimum Gasteiger partial charge on any atom is -0.355 e. The van der Waals surface area contributed by atoms with Gasteiger partial charge in [0.05, 0.1) is 0 Å². The van der Waals surface area contributed by atoms with Gasteiger partial charge < -0.3 is 9.84 Å². The Morgan fingerprint density at radius 2 is 2.25 bits per heavy atom. The Bertz CT molecular complexity index is 658. The van der Waals surface area contributed by atoms with E-state index >= 15 is 0 Å². The molecular weight excluding hydrogens is 306 g/mol. The molecule has 1 amide bonds. The summed E-state index contributed by atoms with van der Waals surface area (Å²) in [6.07, 6.45) is 6.55. The van der Waals surface area contributed by atoms with Crippen LogP contribution in [0.4, 0.5) is 0 Å². The summed E-state index contributed by atoms with van der Waals surface area (Å²) in [7, 11) is 0. The second-order valence-corrected chi connectivity index (χ2v) is 5.98. The van der Waals surface area contributed by atoms with Gasteiger partial charge in [-0.05, 0) is 38.1 Å². The molecule has 128 valence electrons. The molecule has 2 aromatic heterocycles. The lowest BCUT2D eigenvalue weighted by molar-refractivity contribution is -0.121. The van der Waals surface area contributed by atoms with Gasteiger partial charge in [0.25, 0.3) is 0 Å². The molecule has 1 unspecified atom stereocenters. The highest BCUT2D eigenvalue weighted by molar-refractivity contribution is 5.76. The third-order valence-electron chi connectivity index (χ3n) is 4.41. The smallest absolute Gasteiger partial charge is 0.227 e. The van der Waals surface area contributed by atoms with E-state index < -0.39 is 0 Å². The normalized spacial score (nSPS) is 18.0. The molecule has 1 saturated heterocycles. The molecule has 1 aliphatic heterocycles. The van der Waals surface area contributed by atoms with Gasteiger partial charge >= 0.3 is 0 Å². The van der Waals surface area contributed by atoms with E-state index in [2.05, 4.69) is 32.3 Å². The number of aromatic nitrogens is 3. The number of likely N-dealkylation sites (N-methyl/N-ethyl adjacent to an activating group) is 1. The second-order valence-electron chi connectivity index (χ2n) is 5.98. The molecule has 2 aromatic rings.